The van der Waals surface area contributed by atoms with E-state index in [1.165, 1.54) is 6.92 Å². The first-order valence-corrected chi connectivity index (χ1v) is 4.58. The van der Waals surface area contributed by atoms with Gasteiger partial charge in [0.05, 0.1) is 23.7 Å². The van der Waals surface area contributed by atoms with Crippen LogP contribution in [0, 0.1) is 0 Å². The van der Waals surface area contributed by atoms with Gasteiger partial charge in [-0.15, -0.1) is 0 Å². The maximum Gasteiger partial charge on any atom is 0.167 e. The van der Waals surface area contributed by atoms with E-state index in [9.17, 15) is 4.79 Å². The predicted octanol–water partition coefficient (Wildman–Crippen LogP) is 0.791. The zero-order valence-electron chi connectivity index (χ0n) is 8.62. The number of hydrogen-bond acceptors (Lipinski definition) is 5. The molecule has 6 N–H and O–H groups in total. The molecule has 0 amide bonds. The van der Waals surface area contributed by atoms with Crippen molar-refractivity contribution in [3.05, 3.63) is 12.1 Å². The molecular weight excluding hydrogens is 194 g/mol. The van der Waals surface area contributed by atoms with Crippen molar-refractivity contribution < 1.29 is 9.53 Å². The highest BCUT2D eigenvalue weighted by Gasteiger charge is 2.08. The molecule has 0 aliphatic carbocycles. The second-order valence-corrected chi connectivity index (χ2v) is 3.29. The van der Waals surface area contributed by atoms with Gasteiger partial charge in [0.25, 0.3) is 0 Å². The van der Waals surface area contributed by atoms with Crippen molar-refractivity contribution in [1.82, 2.24) is 0 Å². The molecule has 0 unspecified atom stereocenters. The van der Waals surface area contributed by atoms with Gasteiger partial charge in [0, 0.05) is 6.42 Å². The molecule has 0 radical (unpaired) electrons. The van der Waals surface area contributed by atoms with Crippen LogP contribution < -0.4 is 21.9 Å². The predicted molar refractivity (Wildman–Crippen MR) is 60.5 cm³/mol. The SMILES string of the molecule is CC(=O)CCOc1c(N)ccc(N)c1N. The largest absolute Gasteiger partial charge is 0.489 e. The minimum absolute atomic E-state index is 0.0519. The van der Waals surface area contributed by atoms with E-state index in [0.717, 1.165) is 0 Å². The first-order valence-electron chi connectivity index (χ1n) is 4.58. The number of benzene rings is 1. The number of hydrogen-bond donors (Lipinski definition) is 3. The van der Waals surface area contributed by atoms with E-state index in [4.69, 9.17) is 21.9 Å². The molecule has 0 saturated heterocycles. The molecule has 0 spiro atoms. The van der Waals surface area contributed by atoms with Crippen LogP contribution in [0.25, 0.3) is 0 Å². The number of Topliss-reactive ketones (excluding diaryl/α,β-unsaturated/α-hetero) is 1. The highest BCUT2D eigenvalue weighted by molar-refractivity contribution is 5.79. The molecule has 0 heterocycles. The van der Waals surface area contributed by atoms with Gasteiger partial charge in [-0.1, -0.05) is 0 Å². The van der Waals surface area contributed by atoms with E-state index >= 15 is 0 Å². The van der Waals surface area contributed by atoms with Gasteiger partial charge in [-0.25, -0.2) is 0 Å². The van der Waals surface area contributed by atoms with E-state index in [-0.39, 0.29) is 12.4 Å². The second-order valence-electron chi connectivity index (χ2n) is 3.29. The summed E-state index contributed by atoms with van der Waals surface area (Å²) < 4.78 is 5.31. The fourth-order valence-electron chi connectivity index (χ4n) is 1.09. The maximum absolute atomic E-state index is 10.7. The van der Waals surface area contributed by atoms with Crippen LogP contribution in [0.5, 0.6) is 5.75 Å². The van der Waals surface area contributed by atoms with E-state index in [0.29, 0.717) is 29.2 Å². The molecule has 0 bridgehead atoms. The van der Waals surface area contributed by atoms with Gasteiger partial charge in [-0.2, -0.15) is 0 Å². The third-order valence-electron chi connectivity index (χ3n) is 1.96. The van der Waals surface area contributed by atoms with Crippen LogP contribution in [0.4, 0.5) is 17.1 Å². The third kappa shape index (κ3) is 2.77. The standard InChI is InChI=1S/C10H15N3O2/c1-6(14)4-5-15-10-8(12)3-2-7(11)9(10)13/h2-3H,4-5,11-13H2,1H3. The Bertz CT molecular complexity index is 377. The molecule has 1 rings (SSSR count). The summed E-state index contributed by atoms with van der Waals surface area (Å²) in [7, 11) is 0. The lowest BCUT2D eigenvalue weighted by atomic mass is 10.2. The van der Waals surface area contributed by atoms with Crippen molar-refractivity contribution in [2.75, 3.05) is 23.8 Å². The van der Waals surface area contributed by atoms with Gasteiger partial charge < -0.3 is 21.9 Å². The molecule has 5 heteroatoms. The summed E-state index contributed by atoms with van der Waals surface area (Å²) in [4.78, 5) is 10.7. The Morgan fingerprint density at radius 2 is 1.87 bits per heavy atom. The quantitative estimate of drug-likeness (QED) is 0.636. The number of nitrogen functional groups attached to an aromatic ring is 3. The summed E-state index contributed by atoms with van der Waals surface area (Å²) >= 11 is 0. The Kier molecular flexibility index (Phi) is 3.38. The molecule has 0 aliphatic heterocycles. The maximum atomic E-state index is 10.7. The van der Waals surface area contributed by atoms with Gasteiger partial charge in [0.2, 0.25) is 0 Å². The number of carbonyl (C=O) groups excluding carboxylic acids is 1. The van der Waals surface area contributed by atoms with Crippen LogP contribution in [0.3, 0.4) is 0 Å². The lowest BCUT2D eigenvalue weighted by Crippen LogP contribution is -2.07. The Balaban J connectivity index is 2.75. The lowest BCUT2D eigenvalue weighted by molar-refractivity contribution is -0.117. The van der Waals surface area contributed by atoms with Crippen LogP contribution in [0.15, 0.2) is 12.1 Å². The summed E-state index contributed by atoms with van der Waals surface area (Å²) in [5.74, 6) is 0.410. The number of carbonyl (C=O) groups is 1. The lowest BCUT2D eigenvalue weighted by Gasteiger charge is -2.12. The van der Waals surface area contributed by atoms with Crippen molar-refractivity contribution in [3.8, 4) is 5.75 Å². The number of nitrogens with two attached hydrogens (primary N) is 3. The van der Waals surface area contributed by atoms with Gasteiger partial charge in [-0.05, 0) is 19.1 Å². The van der Waals surface area contributed by atoms with Crippen molar-refractivity contribution in [2.24, 2.45) is 0 Å². The molecule has 0 aromatic heterocycles. The van der Waals surface area contributed by atoms with Gasteiger partial charge in [0.1, 0.15) is 5.78 Å². The van der Waals surface area contributed by atoms with Gasteiger partial charge in [0.15, 0.2) is 5.75 Å². The zero-order chi connectivity index (χ0) is 11.4. The highest BCUT2D eigenvalue weighted by Crippen LogP contribution is 2.33. The van der Waals surface area contributed by atoms with Gasteiger partial charge >= 0.3 is 0 Å². The average molecular weight is 209 g/mol. The Hall–Kier alpha value is -1.91. The molecular formula is C10H15N3O2. The summed E-state index contributed by atoms with van der Waals surface area (Å²) in [6.45, 7) is 1.75. The molecule has 1 aromatic rings. The second kappa shape index (κ2) is 4.54. The number of rotatable bonds is 4. The molecule has 82 valence electrons. The number of ether oxygens (including phenoxy) is 1. The Labute approximate surface area is 88.2 Å². The molecule has 0 saturated carbocycles. The number of anilines is 3. The molecule has 1 aromatic carbocycles. The average Bonchev–Trinajstić information content (AvgIpc) is 2.17. The first-order chi connectivity index (χ1) is 7.02. The fourth-order valence-corrected chi connectivity index (χ4v) is 1.09. The molecule has 5 nitrogen and oxygen atoms in total. The summed E-state index contributed by atoms with van der Waals surface area (Å²) in [6, 6.07) is 3.23. The Morgan fingerprint density at radius 1 is 1.27 bits per heavy atom. The van der Waals surface area contributed by atoms with Crippen molar-refractivity contribution in [1.29, 1.82) is 0 Å². The molecule has 0 aliphatic rings. The van der Waals surface area contributed by atoms with Crippen molar-refractivity contribution in [3.63, 3.8) is 0 Å². The zero-order valence-corrected chi connectivity index (χ0v) is 8.62. The van der Waals surface area contributed by atoms with Crippen molar-refractivity contribution in [2.45, 2.75) is 13.3 Å². The highest BCUT2D eigenvalue weighted by atomic mass is 16.5. The normalized spacial score (nSPS) is 9.93. The van der Waals surface area contributed by atoms with Crippen molar-refractivity contribution >= 4 is 22.8 Å². The van der Waals surface area contributed by atoms with Crippen LogP contribution in [-0.2, 0) is 4.79 Å². The third-order valence-corrected chi connectivity index (χ3v) is 1.96. The monoisotopic (exact) mass is 209 g/mol. The van der Waals surface area contributed by atoms with Gasteiger partial charge in [-0.3, -0.25) is 4.79 Å². The molecule has 0 atom stereocenters. The summed E-state index contributed by atoms with van der Waals surface area (Å²) in [5.41, 5.74) is 18.1. The smallest absolute Gasteiger partial charge is 0.167 e. The molecule has 0 fully saturated rings. The topological polar surface area (TPSA) is 104 Å². The summed E-state index contributed by atoms with van der Waals surface area (Å²) in [5, 5.41) is 0. The minimum atomic E-state index is 0.0519. The van der Waals surface area contributed by atoms with E-state index in [1.54, 1.807) is 12.1 Å². The number of ketones is 1. The van der Waals surface area contributed by atoms with Crippen LogP contribution in [0.1, 0.15) is 13.3 Å². The Morgan fingerprint density at radius 3 is 2.47 bits per heavy atom. The molecule has 15 heavy (non-hydrogen) atoms. The minimum Gasteiger partial charge on any atom is -0.489 e. The van der Waals surface area contributed by atoms with Crippen LogP contribution in [0.2, 0.25) is 0 Å². The van der Waals surface area contributed by atoms with E-state index in [1.807, 2.05) is 0 Å². The summed E-state index contributed by atoms with van der Waals surface area (Å²) in [6.07, 6.45) is 0.327. The van der Waals surface area contributed by atoms with E-state index < -0.39 is 0 Å². The first kappa shape index (κ1) is 11.2. The van der Waals surface area contributed by atoms with Crippen LogP contribution >= 0.6 is 0 Å². The van der Waals surface area contributed by atoms with E-state index in [2.05, 4.69) is 0 Å². The van der Waals surface area contributed by atoms with Crippen LogP contribution in [-0.4, -0.2) is 12.4 Å². The fraction of sp³-hybridized carbons (Fsp3) is 0.300.